The number of aryl methyl sites for hydroxylation is 1. The number of carbonyl (C=O) groups excluding carboxylic acids is 2. The van der Waals surface area contributed by atoms with Gasteiger partial charge in [0.15, 0.2) is 18.1 Å². The molecule has 0 bridgehead atoms. The Morgan fingerprint density at radius 3 is 2.47 bits per heavy atom. The van der Waals surface area contributed by atoms with Gasteiger partial charge in [-0.05, 0) is 48.9 Å². The van der Waals surface area contributed by atoms with Crippen molar-refractivity contribution in [2.75, 3.05) is 13.7 Å². The van der Waals surface area contributed by atoms with Gasteiger partial charge in [-0.15, -0.1) is 0 Å². The van der Waals surface area contributed by atoms with Crippen LogP contribution in [0.4, 0.5) is 0 Å². The first-order chi connectivity index (χ1) is 15.5. The molecule has 3 aromatic rings. The van der Waals surface area contributed by atoms with Gasteiger partial charge in [0.2, 0.25) is 0 Å². The number of methoxy groups -OCH3 is 1. The molecule has 0 aromatic heterocycles. The van der Waals surface area contributed by atoms with Crippen LogP contribution in [0, 0.1) is 6.92 Å². The summed E-state index contributed by atoms with van der Waals surface area (Å²) in [5.41, 5.74) is 4.18. The zero-order valence-corrected chi connectivity index (χ0v) is 19.1. The van der Waals surface area contributed by atoms with Crippen LogP contribution in [-0.4, -0.2) is 31.8 Å². The molecule has 3 rings (SSSR count). The normalized spacial score (nSPS) is 10.6. The van der Waals surface area contributed by atoms with Gasteiger partial charge in [0.1, 0.15) is 5.75 Å². The van der Waals surface area contributed by atoms with Crippen molar-refractivity contribution in [1.29, 1.82) is 0 Å². The van der Waals surface area contributed by atoms with Crippen molar-refractivity contribution >= 4 is 34.0 Å². The molecule has 0 fully saturated rings. The Morgan fingerprint density at radius 2 is 1.72 bits per heavy atom. The average molecular weight is 497 g/mol. The SMILES string of the molecule is COc1ccccc1OCC(=O)N/N=C\c1cc(Br)ccc1OC(=O)c1ccccc1C. The van der Waals surface area contributed by atoms with Gasteiger partial charge in [0, 0.05) is 10.0 Å². The molecule has 0 saturated carbocycles. The van der Waals surface area contributed by atoms with E-state index >= 15 is 0 Å². The predicted molar refractivity (Wildman–Crippen MR) is 125 cm³/mol. The van der Waals surface area contributed by atoms with E-state index in [0.717, 1.165) is 10.0 Å². The number of benzene rings is 3. The number of esters is 1. The maximum atomic E-state index is 12.6. The summed E-state index contributed by atoms with van der Waals surface area (Å²) in [5, 5.41) is 3.95. The van der Waals surface area contributed by atoms with E-state index in [-0.39, 0.29) is 6.61 Å². The maximum Gasteiger partial charge on any atom is 0.343 e. The smallest absolute Gasteiger partial charge is 0.343 e. The molecule has 0 aliphatic rings. The van der Waals surface area contributed by atoms with Gasteiger partial charge in [0.05, 0.1) is 18.9 Å². The minimum absolute atomic E-state index is 0.245. The minimum Gasteiger partial charge on any atom is -0.493 e. The van der Waals surface area contributed by atoms with E-state index in [1.165, 1.54) is 13.3 Å². The number of nitrogens with one attached hydrogen (secondary N) is 1. The zero-order valence-electron chi connectivity index (χ0n) is 17.5. The van der Waals surface area contributed by atoms with E-state index in [2.05, 4.69) is 26.5 Å². The fourth-order valence-electron chi connectivity index (χ4n) is 2.76. The lowest BCUT2D eigenvalue weighted by molar-refractivity contribution is -0.123. The number of rotatable bonds is 8. The Hall–Kier alpha value is -3.65. The molecular weight excluding hydrogens is 476 g/mol. The Kier molecular flexibility index (Phi) is 7.99. The number of amides is 1. The Labute approximate surface area is 194 Å². The highest BCUT2D eigenvalue weighted by Crippen LogP contribution is 2.25. The van der Waals surface area contributed by atoms with Crippen LogP contribution >= 0.6 is 15.9 Å². The number of nitrogens with zero attached hydrogens (tertiary/aromatic N) is 1. The Balaban J connectivity index is 1.64. The van der Waals surface area contributed by atoms with Gasteiger partial charge in [-0.2, -0.15) is 5.10 Å². The summed E-state index contributed by atoms with van der Waals surface area (Å²) >= 11 is 3.38. The molecule has 0 aliphatic heterocycles. The molecular formula is C24H21BrN2O5. The maximum absolute atomic E-state index is 12.6. The fourth-order valence-corrected chi connectivity index (χ4v) is 3.14. The second-order valence-electron chi connectivity index (χ2n) is 6.62. The lowest BCUT2D eigenvalue weighted by atomic mass is 10.1. The first-order valence-electron chi connectivity index (χ1n) is 9.63. The molecule has 0 aliphatic carbocycles. The highest BCUT2D eigenvalue weighted by Gasteiger charge is 2.13. The molecule has 164 valence electrons. The van der Waals surface area contributed by atoms with Crippen molar-refractivity contribution < 1.29 is 23.8 Å². The third-order valence-electron chi connectivity index (χ3n) is 4.36. The van der Waals surface area contributed by atoms with Crippen molar-refractivity contribution in [2.45, 2.75) is 6.92 Å². The summed E-state index contributed by atoms with van der Waals surface area (Å²) in [4.78, 5) is 24.6. The molecule has 0 atom stereocenters. The van der Waals surface area contributed by atoms with Gasteiger partial charge in [-0.3, -0.25) is 4.79 Å². The van der Waals surface area contributed by atoms with E-state index < -0.39 is 11.9 Å². The van der Waals surface area contributed by atoms with E-state index in [1.54, 1.807) is 54.6 Å². The van der Waals surface area contributed by atoms with Gasteiger partial charge in [0.25, 0.3) is 5.91 Å². The van der Waals surface area contributed by atoms with Gasteiger partial charge in [-0.25, -0.2) is 10.2 Å². The summed E-state index contributed by atoms with van der Waals surface area (Å²) < 4.78 is 17.0. The predicted octanol–water partition coefficient (Wildman–Crippen LogP) is 4.51. The molecule has 0 unspecified atom stereocenters. The van der Waals surface area contributed by atoms with Gasteiger partial charge < -0.3 is 14.2 Å². The fraction of sp³-hybridized carbons (Fsp3) is 0.125. The third kappa shape index (κ3) is 6.18. The van der Waals surface area contributed by atoms with Gasteiger partial charge >= 0.3 is 5.97 Å². The Bertz CT molecular complexity index is 1150. The summed E-state index contributed by atoms with van der Waals surface area (Å²) in [6.45, 7) is 1.59. The molecule has 0 saturated heterocycles. The molecule has 0 spiro atoms. The van der Waals surface area contributed by atoms with Crippen LogP contribution in [-0.2, 0) is 4.79 Å². The van der Waals surface area contributed by atoms with Crippen molar-refractivity contribution in [3.8, 4) is 17.2 Å². The topological polar surface area (TPSA) is 86.2 Å². The third-order valence-corrected chi connectivity index (χ3v) is 4.85. The average Bonchev–Trinajstić information content (AvgIpc) is 2.79. The number of carbonyl (C=O) groups is 2. The minimum atomic E-state index is -0.477. The van der Waals surface area contributed by atoms with Gasteiger partial charge in [-0.1, -0.05) is 46.3 Å². The number of hydrogen-bond donors (Lipinski definition) is 1. The second-order valence-corrected chi connectivity index (χ2v) is 7.53. The van der Waals surface area contributed by atoms with E-state index in [4.69, 9.17) is 14.2 Å². The number of para-hydroxylation sites is 2. The van der Waals surface area contributed by atoms with Crippen LogP contribution < -0.4 is 19.6 Å². The molecule has 1 amide bonds. The highest BCUT2D eigenvalue weighted by atomic mass is 79.9. The quantitative estimate of drug-likeness (QED) is 0.214. The largest absolute Gasteiger partial charge is 0.493 e. The molecule has 3 aromatic carbocycles. The molecule has 8 heteroatoms. The van der Waals surface area contributed by atoms with Crippen molar-refractivity contribution in [3.63, 3.8) is 0 Å². The zero-order chi connectivity index (χ0) is 22.9. The van der Waals surface area contributed by atoms with Crippen molar-refractivity contribution in [3.05, 3.63) is 87.9 Å². The molecule has 32 heavy (non-hydrogen) atoms. The van der Waals surface area contributed by atoms with E-state index in [9.17, 15) is 9.59 Å². The summed E-state index contributed by atoms with van der Waals surface area (Å²) in [5.74, 6) is 0.351. The highest BCUT2D eigenvalue weighted by molar-refractivity contribution is 9.10. The summed E-state index contributed by atoms with van der Waals surface area (Å²) in [7, 11) is 1.52. The van der Waals surface area contributed by atoms with Crippen LogP contribution in [0.1, 0.15) is 21.5 Å². The van der Waals surface area contributed by atoms with Crippen LogP contribution in [0.2, 0.25) is 0 Å². The van der Waals surface area contributed by atoms with Crippen molar-refractivity contribution in [2.24, 2.45) is 5.10 Å². The number of ether oxygens (including phenoxy) is 3. The van der Waals surface area contributed by atoms with Crippen LogP contribution in [0.15, 0.2) is 76.3 Å². The number of hydrazone groups is 1. The molecule has 0 radical (unpaired) electrons. The second kappa shape index (κ2) is 11.1. The van der Waals surface area contributed by atoms with Crippen LogP contribution in [0.5, 0.6) is 17.2 Å². The van der Waals surface area contributed by atoms with Crippen LogP contribution in [0.3, 0.4) is 0 Å². The number of halogens is 1. The molecule has 1 N–H and O–H groups in total. The lowest BCUT2D eigenvalue weighted by Gasteiger charge is -2.10. The first kappa shape index (κ1) is 23.0. The lowest BCUT2D eigenvalue weighted by Crippen LogP contribution is -2.24. The van der Waals surface area contributed by atoms with E-state index in [1.807, 2.05) is 19.1 Å². The van der Waals surface area contributed by atoms with Crippen LogP contribution in [0.25, 0.3) is 0 Å². The molecule has 7 nitrogen and oxygen atoms in total. The summed E-state index contributed by atoms with van der Waals surface area (Å²) in [6, 6.07) is 19.3. The standard InChI is InChI=1S/C24H21BrN2O5/c1-16-7-3-4-8-19(16)24(29)32-20-12-11-18(25)13-17(20)14-26-27-23(28)15-31-22-10-6-5-9-21(22)30-2/h3-14H,15H2,1-2H3,(H,27,28)/b26-14-. The van der Waals surface area contributed by atoms with E-state index in [0.29, 0.717) is 28.4 Å². The molecule has 0 heterocycles. The summed E-state index contributed by atoms with van der Waals surface area (Å²) in [6.07, 6.45) is 1.40. The number of hydrogen-bond acceptors (Lipinski definition) is 6. The first-order valence-corrected chi connectivity index (χ1v) is 10.4. The van der Waals surface area contributed by atoms with Crippen molar-refractivity contribution in [1.82, 2.24) is 5.43 Å². The monoisotopic (exact) mass is 496 g/mol. The Morgan fingerprint density at radius 1 is 1.00 bits per heavy atom.